The second-order valence-corrected chi connectivity index (χ2v) is 10.0. The number of aromatic nitrogens is 3. The normalized spacial score (nSPS) is 11.6. The quantitative estimate of drug-likeness (QED) is 0.280. The van der Waals surface area contributed by atoms with Gasteiger partial charge >= 0.3 is 0 Å². The van der Waals surface area contributed by atoms with Crippen LogP contribution in [-0.4, -0.2) is 30.7 Å². The minimum absolute atomic E-state index is 0.0139. The summed E-state index contributed by atoms with van der Waals surface area (Å²) in [5, 5.41) is 3.89. The van der Waals surface area contributed by atoms with Gasteiger partial charge in [-0.25, -0.2) is 27.2 Å². The molecule has 2 aromatic heterocycles. The van der Waals surface area contributed by atoms with Crippen molar-refractivity contribution in [2.75, 3.05) is 11.8 Å². The highest BCUT2D eigenvalue weighted by molar-refractivity contribution is 7.92. The van der Waals surface area contributed by atoms with Crippen LogP contribution in [0.25, 0.3) is 33.3 Å². The van der Waals surface area contributed by atoms with Crippen LogP contribution in [0.2, 0.25) is 5.02 Å². The van der Waals surface area contributed by atoms with E-state index in [1.54, 1.807) is 13.0 Å². The van der Waals surface area contributed by atoms with E-state index < -0.39 is 21.7 Å². The van der Waals surface area contributed by atoms with E-state index in [0.29, 0.717) is 16.6 Å². The molecule has 0 aliphatic heterocycles. The molecule has 37 heavy (non-hydrogen) atoms. The van der Waals surface area contributed by atoms with Crippen molar-refractivity contribution in [3.05, 3.63) is 83.3 Å². The zero-order chi connectivity index (χ0) is 26.3. The van der Waals surface area contributed by atoms with Crippen LogP contribution >= 0.6 is 11.6 Å². The Bertz CT molecular complexity index is 1760. The van der Waals surface area contributed by atoms with Gasteiger partial charge in [0.15, 0.2) is 5.82 Å². The molecule has 5 rings (SSSR count). The van der Waals surface area contributed by atoms with Gasteiger partial charge in [-0.3, -0.25) is 4.72 Å². The summed E-state index contributed by atoms with van der Waals surface area (Å²) >= 11 is 6.03. The smallest absolute Gasteiger partial charge is 0.263 e. The number of nitrogens with one attached hydrogen (secondary N) is 1. The summed E-state index contributed by atoms with van der Waals surface area (Å²) in [6, 6.07) is 11.2. The second kappa shape index (κ2) is 9.41. The van der Waals surface area contributed by atoms with Crippen LogP contribution in [0.3, 0.4) is 0 Å². The van der Waals surface area contributed by atoms with Crippen LogP contribution in [0, 0.1) is 18.6 Å². The molecule has 0 amide bonds. The molecule has 0 aliphatic rings. The van der Waals surface area contributed by atoms with Crippen LogP contribution in [0.5, 0.6) is 5.75 Å². The summed E-state index contributed by atoms with van der Waals surface area (Å²) < 4.78 is 68.1. The topological polar surface area (TPSA) is 107 Å². The molecule has 0 saturated carbocycles. The van der Waals surface area contributed by atoms with Gasteiger partial charge in [0.05, 0.1) is 28.2 Å². The molecule has 0 bridgehead atoms. The third-order valence-corrected chi connectivity index (χ3v) is 7.52. The molecule has 0 unspecified atom stereocenters. The Balaban J connectivity index is 1.61. The number of nitrogens with zero attached hydrogens (tertiary/aromatic N) is 3. The number of fused-ring (bicyclic) bond motifs is 1. The standard InChI is InChI=1S/C25H17ClF2N4O4S/c1-13-3-5-15(24(28)23(13)26)17-11-21(35-2)18(10-19(17)27)25-16-6-4-14(9-20(16)29-12-30-25)37(33,34)32-22-7-8-36-31-22/h3-12H,1-2H3,(H,31,32). The number of benzene rings is 3. The van der Waals surface area contributed by atoms with Crippen molar-refractivity contribution in [2.45, 2.75) is 11.8 Å². The van der Waals surface area contributed by atoms with Crippen LogP contribution in [-0.2, 0) is 10.0 Å². The predicted octanol–water partition coefficient (Wildman–Crippen LogP) is 6.00. The van der Waals surface area contributed by atoms with Gasteiger partial charge in [-0.2, -0.15) is 0 Å². The number of sulfonamides is 1. The van der Waals surface area contributed by atoms with E-state index in [2.05, 4.69) is 24.4 Å². The number of rotatable bonds is 6. The Morgan fingerprint density at radius 1 is 1.00 bits per heavy atom. The van der Waals surface area contributed by atoms with E-state index in [4.69, 9.17) is 16.3 Å². The van der Waals surface area contributed by atoms with Gasteiger partial charge in [0.25, 0.3) is 10.0 Å². The van der Waals surface area contributed by atoms with Crippen molar-refractivity contribution >= 4 is 38.3 Å². The highest BCUT2D eigenvalue weighted by atomic mass is 35.5. The second-order valence-electron chi connectivity index (χ2n) is 7.98. The summed E-state index contributed by atoms with van der Waals surface area (Å²) in [6.45, 7) is 1.65. The van der Waals surface area contributed by atoms with Crippen molar-refractivity contribution in [3.63, 3.8) is 0 Å². The fourth-order valence-electron chi connectivity index (χ4n) is 3.85. The van der Waals surface area contributed by atoms with E-state index in [9.17, 15) is 12.8 Å². The molecule has 5 aromatic rings. The number of aryl methyl sites for hydroxylation is 1. The van der Waals surface area contributed by atoms with Crippen LogP contribution < -0.4 is 9.46 Å². The third kappa shape index (κ3) is 4.47. The number of anilines is 1. The molecule has 0 saturated heterocycles. The average Bonchev–Trinajstić information content (AvgIpc) is 3.39. The zero-order valence-corrected chi connectivity index (χ0v) is 20.9. The molecular formula is C25H17ClF2N4O4S. The lowest BCUT2D eigenvalue weighted by molar-refractivity contribution is 0.415. The molecule has 12 heteroatoms. The van der Waals surface area contributed by atoms with E-state index in [1.165, 1.54) is 62.2 Å². The number of ether oxygens (including phenoxy) is 1. The molecule has 0 spiro atoms. The highest BCUT2D eigenvalue weighted by Crippen LogP contribution is 2.40. The van der Waals surface area contributed by atoms with Gasteiger partial charge < -0.3 is 9.26 Å². The number of methoxy groups -OCH3 is 1. The number of hydrogen-bond donors (Lipinski definition) is 1. The largest absolute Gasteiger partial charge is 0.496 e. The van der Waals surface area contributed by atoms with E-state index >= 15 is 4.39 Å². The molecule has 0 atom stereocenters. The van der Waals surface area contributed by atoms with E-state index in [1.807, 2.05) is 0 Å². The summed E-state index contributed by atoms with van der Waals surface area (Å²) in [6.07, 6.45) is 2.46. The lowest BCUT2D eigenvalue weighted by Crippen LogP contribution is -2.13. The van der Waals surface area contributed by atoms with Gasteiger partial charge in [-0.15, -0.1) is 0 Å². The molecule has 0 aliphatic carbocycles. The monoisotopic (exact) mass is 542 g/mol. The summed E-state index contributed by atoms with van der Waals surface area (Å²) in [5.41, 5.74) is 1.33. The molecule has 3 aromatic carbocycles. The summed E-state index contributed by atoms with van der Waals surface area (Å²) in [5.74, 6) is -1.22. The van der Waals surface area contributed by atoms with Gasteiger partial charge in [-0.1, -0.05) is 28.9 Å². The van der Waals surface area contributed by atoms with Crippen LogP contribution in [0.1, 0.15) is 5.56 Å². The van der Waals surface area contributed by atoms with Crippen molar-refractivity contribution in [2.24, 2.45) is 0 Å². The zero-order valence-electron chi connectivity index (χ0n) is 19.3. The van der Waals surface area contributed by atoms with Gasteiger partial charge in [0.1, 0.15) is 30.0 Å². The first kappa shape index (κ1) is 24.6. The van der Waals surface area contributed by atoms with Crippen molar-refractivity contribution in [1.29, 1.82) is 0 Å². The van der Waals surface area contributed by atoms with E-state index in [-0.39, 0.29) is 43.7 Å². The fraction of sp³-hybridized carbons (Fsp3) is 0.0800. The first-order valence-electron chi connectivity index (χ1n) is 10.7. The number of hydrogen-bond acceptors (Lipinski definition) is 7. The Kier molecular flexibility index (Phi) is 6.26. The van der Waals surface area contributed by atoms with Crippen molar-refractivity contribution < 1.29 is 26.5 Å². The maximum Gasteiger partial charge on any atom is 0.263 e. The van der Waals surface area contributed by atoms with Crippen LogP contribution in [0.15, 0.2) is 70.5 Å². The maximum absolute atomic E-state index is 15.3. The molecule has 188 valence electrons. The first-order valence-corrected chi connectivity index (χ1v) is 12.6. The lowest BCUT2D eigenvalue weighted by atomic mass is 9.98. The Morgan fingerprint density at radius 2 is 1.81 bits per heavy atom. The average molecular weight is 543 g/mol. The van der Waals surface area contributed by atoms with Crippen LogP contribution in [0.4, 0.5) is 14.6 Å². The van der Waals surface area contributed by atoms with E-state index in [0.717, 1.165) is 0 Å². The lowest BCUT2D eigenvalue weighted by Gasteiger charge is -2.15. The van der Waals surface area contributed by atoms with Gasteiger partial charge in [0.2, 0.25) is 0 Å². The predicted molar refractivity (Wildman–Crippen MR) is 134 cm³/mol. The SMILES string of the molecule is COc1cc(-c2ccc(C)c(Cl)c2F)c(F)cc1-c1ncnc2cc(S(=O)(=O)Nc3ccon3)ccc12. The minimum Gasteiger partial charge on any atom is -0.496 e. The molecule has 0 radical (unpaired) electrons. The maximum atomic E-state index is 15.3. The molecule has 1 N–H and O–H groups in total. The van der Waals surface area contributed by atoms with Gasteiger partial charge in [0, 0.05) is 28.1 Å². The van der Waals surface area contributed by atoms with Crippen molar-refractivity contribution in [3.8, 4) is 28.1 Å². The Morgan fingerprint density at radius 3 is 2.54 bits per heavy atom. The Hall–Kier alpha value is -4.09. The molecule has 2 heterocycles. The third-order valence-electron chi connectivity index (χ3n) is 5.70. The molecular weight excluding hydrogens is 526 g/mol. The summed E-state index contributed by atoms with van der Waals surface area (Å²) in [4.78, 5) is 8.38. The Labute approximate surface area is 214 Å². The summed E-state index contributed by atoms with van der Waals surface area (Å²) in [7, 11) is -2.59. The molecule has 0 fully saturated rings. The van der Waals surface area contributed by atoms with Crippen molar-refractivity contribution in [1.82, 2.24) is 15.1 Å². The highest BCUT2D eigenvalue weighted by Gasteiger charge is 2.22. The fourth-order valence-corrected chi connectivity index (χ4v) is 5.03. The number of halogens is 3. The molecule has 8 nitrogen and oxygen atoms in total. The minimum atomic E-state index is -3.98. The first-order chi connectivity index (χ1) is 17.7. The van der Waals surface area contributed by atoms with Gasteiger partial charge in [-0.05, 0) is 42.8 Å².